The van der Waals surface area contributed by atoms with Gasteiger partial charge < -0.3 is 10.2 Å². The Kier molecular flexibility index (Phi) is 6.34. The molecule has 2 aromatic carbocycles. The third kappa shape index (κ3) is 4.71. The molecule has 4 aromatic rings. The molecule has 2 fully saturated rings. The highest BCUT2D eigenvalue weighted by Gasteiger charge is 2.51. The summed E-state index contributed by atoms with van der Waals surface area (Å²) in [4.78, 5) is 7.92. The highest BCUT2D eigenvalue weighted by atomic mass is 35.5. The number of fused-ring (bicyclic) bond motifs is 4. The van der Waals surface area contributed by atoms with E-state index in [1.807, 2.05) is 25.3 Å². The number of hydrogen-bond donors (Lipinski definition) is 1. The summed E-state index contributed by atoms with van der Waals surface area (Å²) in [6.45, 7) is 8.63. The molecule has 1 saturated carbocycles. The molecule has 39 heavy (non-hydrogen) atoms. The second kappa shape index (κ2) is 10.0. The standard InChI is InChI=1S/C30H33ClN8/c1-21-35-36-29-30(10-11-30)34-28(22-4-7-25(31)8-5-22)26-18-23(6-9-27(26)39(21)29)24-19-33-38(20-24)15-3-2-14-37-16-12-32-13-17-37/h4-9,18-20,32H,2-3,10-17H2,1H3. The molecular weight excluding hydrogens is 508 g/mol. The van der Waals surface area contributed by atoms with Gasteiger partial charge in [-0.3, -0.25) is 14.2 Å². The van der Waals surface area contributed by atoms with Gasteiger partial charge in [-0.1, -0.05) is 29.8 Å². The molecule has 0 radical (unpaired) electrons. The van der Waals surface area contributed by atoms with Crippen LogP contribution in [0.3, 0.4) is 0 Å². The van der Waals surface area contributed by atoms with Crippen molar-refractivity contribution in [2.75, 3.05) is 32.7 Å². The minimum absolute atomic E-state index is 0.314. The predicted octanol–water partition coefficient (Wildman–Crippen LogP) is 4.62. The van der Waals surface area contributed by atoms with E-state index in [1.165, 1.54) is 13.0 Å². The Morgan fingerprint density at radius 2 is 1.69 bits per heavy atom. The van der Waals surface area contributed by atoms with Crippen LogP contribution in [-0.4, -0.2) is 67.9 Å². The van der Waals surface area contributed by atoms with Gasteiger partial charge in [-0.15, -0.1) is 10.2 Å². The molecule has 1 aliphatic carbocycles. The van der Waals surface area contributed by atoms with Crippen LogP contribution in [0.25, 0.3) is 16.8 Å². The molecule has 0 bridgehead atoms. The minimum atomic E-state index is -0.314. The highest BCUT2D eigenvalue weighted by Crippen LogP contribution is 2.51. The topological polar surface area (TPSA) is 76.2 Å². The lowest BCUT2D eigenvalue weighted by molar-refractivity contribution is 0.235. The molecule has 1 spiro atoms. The van der Waals surface area contributed by atoms with Crippen LogP contribution < -0.4 is 5.32 Å². The zero-order valence-electron chi connectivity index (χ0n) is 22.3. The van der Waals surface area contributed by atoms with E-state index in [9.17, 15) is 0 Å². The van der Waals surface area contributed by atoms with Gasteiger partial charge in [0.1, 0.15) is 11.4 Å². The van der Waals surface area contributed by atoms with Crippen LogP contribution in [0.5, 0.6) is 0 Å². The van der Waals surface area contributed by atoms with E-state index in [0.717, 1.165) is 102 Å². The van der Waals surface area contributed by atoms with Gasteiger partial charge in [-0.25, -0.2) is 0 Å². The number of aromatic nitrogens is 5. The number of unbranched alkanes of at least 4 members (excludes halogenated alkanes) is 1. The van der Waals surface area contributed by atoms with Crippen LogP contribution in [0.15, 0.2) is 59.9 Å². The van der Waals surface area contributed by atoms with Gasteiger partial charge in [0.2, 0.25) is 0 Å². The zero-order valence-corrected chi connectivity index (χ0v) is 23.0. The fourth-order valence-electron chi connectivity index (χ4n) is 5.84. The van der Waals surface area contributed by atoms with Crippen LogP contribution >= 0.6 is 11.6 Å². The number of benzene rings is 2. The van der Waals surface area contributed by atoms with Crippen LogP contribution in [0.4, 0.5) is 0 Å². The Hall–Kier alpha value is -3.33. The Morgan fingerprint density at radius 3 is 2.49 bits per heavy atom. The summed E-state index contributed by atoms with van der Waals surface area (Å²) in [7, 11) is 0. The maximum absolute atomic E-state index is 6.24. The number of aryl methyl sites for hydroxylation is 2. The third-order valence-corrected chi connectivity index (χ3v) is 8.44. The molecule has 7 rings (SSSR count). The number of nitrogens with zero attached hydrogens (tertiary/aromatic N) is 7. The zero-order chi connectivity index (χ0) is 26.4. The van der Waals surface area contributed by atoms with E-state index in [1.54, 1.807) is 0 Å². The second-order valence-corrected chi connectivity index (χ2v) is 11.4. The maximum atomic E-state index is 6.24. The maximum Gasteiger partial charge on any atom is 0.165 e. The molecule has 2 aromatic heterocycles. The highest BCUT2D eigenvalue weighted by molar-refractivity contribution is 6.30. The van der Waals surface area contributed by atoms with Crippen molar-refractivity contribution >= 4 is 17.3 Å². The summed E-state index contributed by atoms with van der Waals surface area (Å²) < 4.78 is 4.27. The van der Waals surface area contributed by atoms with Crippen LogP contribution in [-0.2, 0) is 12.1 Å². The molecule has 3 aliphatic rings. The summed E-state index contributed by atoms with van der Waals surface area (Å²) in [6.07, 6.45) is 8.42. The minimum Gasteiger partial charge on any atom is -0.314 e. The normalized spacial score (nSPS) is 17.9. The lowest BCUT2D eigenvalue weighted by Crippen LogP contribution is -2.43. The molecule has 1 saturated heterocycles. The van der Waals surface area contributed by atoms with Gasteiger partial charge >= 0.3 is 0 Å². The van der Waals surface area contributed by atoms with Crippen LogP contribution in [0.2, 0.25) is 5.02 Å². The van der Waals surface area contributed by atoms with E-state index in [2.05, 4.69) is 66.2 Å². The summed E-state index contributed by atoms with van der Waals surface area (Å²) in [5, 5.41) is 17.9. The van der Waals surface area contributed by atoms with Crippen LogP contribution in [0, 0.1) is 6.92 Å². The monoisotopic (exact) mass is 540 g/mol. The van der Waals surface area contributed by atoms with Crippen molar-refractivity contribution in [3.8, 4) is 16.8 Å². The molecule has 9 heteroatoms. The van der Waals surface area contributed by atoms with Crippen molar-refractivity contribution in [2.45, 2.75) is 44.7 Å². The van der Waals surface area contributed by atoms with Gasteiger partial charge in [-0.2, -0.15) is 5.10 Å². The number of nitrogens with one attached hydrogen (secondary N) is 1. The lowest BCUT2D eigenvalue weighted by atomic mass is 9.96. The predicted molar refractivity (Wildman–Crippen MR) is 154 cm³/mol. The van der Waals surface area contributed by atoms with E-state index in [4.69, 9.17) is 21.7 Å². The Balaban J connectivity index is 1.19. The SMILES string of the molecule is Cc1nnc2n1-c1ccc(-c3cnn(CCCCN4CCNCC4)c3)cc1C(c1ccc(Cl)cc1)=NC21CC1. The Bertz CT molecular complexity index is 1520. The molecule has 200 valence electrons. The molecular formula is C30H33ClN8. The van der Waals surface area contributed by atoms with E-state index in [-0.39, 0.29) is 5.54 Å². The average molecular weight is 541 g/mol. The second-order valence-electron chi connectivity index (χ2n) is 10.9. The first kappa shape index (κ1) is 24.7. The summed E-state index contributed by atoms with van der Waals surface area (Å²) >= 11 is 6.24. The largest absolute Gasteiger partial charge is 0.314 e. The molecule has 4 heterocycles. The van der Waals surface area contributed by atoms with E-state index in [0.29, 0.717) is 0 Å². The fraction of sp³-hybridized carbons (Fsp3) is 0.400. The van der Waals surface area contributed by atoms with Gasteiger partial charge in [0, 0.05) is 60.6 Å². The fourth-order valence-corrected chi connectivity index (χ4v) is 5.96. The van der Waals surface area contributed by atoms with E-state index < -0.39 is 0 Å². The van der Waals surface area contributed by atoms with Gasteiger partial charge in [-0.05, 0) is 69.0 Å². The third-order valence-electron chi connectivity index (χ3n) is 8.19. The first-order valence-corrected chi connectivity index (χ1v) is 14.4. The average Bonchev–Trinajstić information content (AvgIpc) is 3.44. The number of aliphatic imine (C=N–C) groups is 1. The van der Waals surface area contributed by atoms with Gasteiger partial charge in [0.25, 0.3) is 0 Å². The van der Waals surface area contributed by atoms with Crippen LogP contribution in [0.1, 0.15) is 48.5 Å². The number of halogens is 1. The molecule has 1 N–H and O–H groups in total. The summed E-state index contributed by atoms with van der Waals surface area (Å²) in [5.74, 6) is 1.82. The molecule has 0 unspecified atom stereocenters. The Labute approximate surface area is 233 Å². The van der Waals surface area contributed by atoms with Crippen molar-refractivity contribution in [2.24, 2.45) is 4.99 Å². The van der Waals surface area contributed by atoms with Crippen molar-refractivity contribution in [1.29, 1.82) is 0 Å². The number of rotatable bonds is 7. The first-order chi connectivity index (χ1) is 19.1. The number of hydrogen-bond acceptors (Lipinski definition) is 6. The van der Waals surface area contributed by atoms with Crippen molar-refractivity contribution in [3.63, 3.8) is 0 Å². The quantitative estimate of drug-likeness (QED) is 0.346. The van der Waals surface area contributed by atoms with Crippen molar-refractivity contribution in [1.82, 2.24) is 34.8 Å². The molecule has 2 aliphatic heterocycles. The lowest BCUT2D eigenvalue weighted by Gasteiger charge is -2.26. The smallest absolute Gasteiger partial charge is 0.165 e. The van der Waals surface area contributed by atoms with Gasteiger partial charge in [0.15, 0.2) is 5.82 Å². The summed E-state index contributed by atoms with van der Waals surface area (Å²) in [5.41, 5.74) is 6.10. The van der Waals surface area contributed by atoms with Crippen molar-refractivity contribution in [3.05, 3.63) is 82.7 Å². The van der Waals surface area contributed by atoms with Crippen molar-refractivity contribution < 1.29 is 0 Å². The molecule has 0 atom stereocenters. The van der Waals surface area contributed by atoms with Gasteiger partial charge in [0.05, 0.1) is 17.6 Å². The van der Waals surface area contributed by atoms with E-state index >= 15 is 0 Å². The molecule has 8 nitrogen and oxygen atoms in total. The molecule has 0 amide bonds. The Morgan fingerprint density at radius 1 is 0.923 bits per heavy atom. The first-order valence-electron chi connectivity index (χ1n) is 14.0. The number of piperazine rings is 1. The summed E-state index contributed by atoms with van der Waals surface area (Å²) in [6, 6.07) is 14.6.